The molecule has 0 bridgehead atoms. The predicted molar refractivity (Wildman–Crippen MR) is 114 cm³/mol. The van der Waals surface area contributed by atoms with Gasteiger partial charge in [0.15, 0.2) is 0 Å². The molecule has 1 fully saturated rings. The number of hydrogen-bond acceptors (Lipinski definition) is 3. The number of carbonyl (C=O) groups excluding carboxylic acids is 2. The number of amides is 3. The van der Waals surface area contributed by atoms with Gasteiger partial charge in [0.1, 0.15) is 0 Å². The number of benzene rings is 2. The molecule has 28 heavy (non-hydrogen) atoms. The van der Waals surface area contributed by atoms with E-state index in [1.807, 2.05) is 59.5 Å². The fraction of sp³-hybridized carbons (Fsp3) is 0.333. The Morgan fingerprint density at radius 1 is 1.04 bits per heavy atom. The Kier molecular flexibility index (Phi) is 8.29. The van der Waals surface area contributed by atoms with E-state index in [9.17, 15) is 9.59 Å². The van der Waals surface area contributed by atoms with Crippen molar-refractivity contribution >= 4 is 30.0 Å². The van der Waals surface area contributed by atoms with Crippen molar-refractivity contribution in [3.8, 4) is 0 Å². The zero-order valence-electron chi connectivity index (χ0n) is 15.8. The molecular formula is C21H27ClN4O2. The Balaban J connectivity index is 0.00000280. The maximum absolute atomic E-state index is 12.9. The quantitative estimate of drug-likeness (QED) is 0.716. The van der Waals surface area contributed by atoms with Gasteiger partial charge in [-0.15, -0.1) is 12.4 Å². The van der Waals surface area contributed by atoms with Crippen molar-refractivity contribution in [3.63, 3.8) is 0 Å². The summed E-state index contributed by atoms with van der Waals surface area (Å²) in [7, 11) is 0. The maximum atomic E-state index is 12.9. The van der Waals surface area contributed by atoms with Gasteiger partial charge in [-0.1, -0.05) is 30.3 Å². The third-order valence-corrected chi connectivity index (χ3v) is 4.85. The molecule has 0 aliphatic carbocycles. The van der Waals surface area contributed by atoms with Gasteiger partial charge in [0.25, 0.3) is 5.91 Å². The van der Waals surface area contributed by atoms with Gasteiger partial charge >= 0.3 is 6.03 Å². The van der Waals surface area contributed by atoms with Crippen LogP contribution < -0.4 is 16.4 Å². The Bertz CT molecular complexity index is 768. The second kappa shape index (κ2) is 10.7. The van der Waals surface area contributed by atoms with Crippen molar-refractivity contribution in [2.75, 3.05) is 18.4 Å². The average molecular weight is 403 g/mol. The number of nitrogens with zero attached hydrogens (tertiary/aromatic N) is 1. The van der Waals surface area contributed by atoms with Gasteiger partial charge in [-0.25, -0.2) is 4.79 Å². The number of carbonyl (C=O) groups is 2. The van der Waals surface area contributed by atoms with Crippen LogP contribution >= 0.6 is 12.4 Å². The molecule has 2 aromatic carbocycles. The lowest BCUT2D eigenvalue weighted by molar-refractivity contribution is 0.0615. The number of hydrogen-bond donors (Lipinski definition) is 3. The van der Waals surface area contributed by atoms with E-state index in [0.29, 0.717) is 25.2 Å². The monoisotopic (exact) mass is 402 g/mol. The summed E-state index contributed by atoms with van der Waals surface area (Å²) in [5, 5.41) is 5.70. The van der Waals surface area contributed by atoms with E-state index >= 15 is 0 Å². The highest BCUT2D eigenvalue weighted by molar-refractivity contribution is 5.94. The molecule has 0 spiro atoms. The SMILES string of the molecule is Cl.NCc1ccc(C(=O)N2CCCCC2CNC(=O)Nc2ccccc2)cc1. The highest BCUT2D eigenvalue weighted by Crippen LogP contribution is 2.20. The smallest absolute Gasteiger partial charge is 0.319 e. The van der Waals surface area contributed by atoms with E-state index in [0.717, 1.165) is 30.5 Å². The zero-order valence-corrected chi connectivity index (χ0v) is 16.6. The molecular weight excluding hydrogens is 376 g/mol. The minimum atomic E-state index is -0.258. The number of piperidine rings is 1. The van der Waals surface area contributed by atoms with Crippen LogP contribution in [0.1, 0.15) is 35.2 Å². The number of nitrogens with two attached hydrogens (primary N) is 1. The van der Waals surface area contributed by atoms with Crippen LogP contribution in [0.4, 0.5) is 10.5 Å². The molecule has 0 radical (unpaired) electrons. The molecule has 3 amide bonds. The molecule has 1 saturated heterocycles. The number of urea groups is 1. The van der Waals surface area contributed by atoms with E-state index in [4.69, 9.17) is 5.73 Å². The van der Waals surface area contributed by atoms with Crippen molar-refractivity contribution in [1.82, 2.24) is 10.2 Å². The van der Waals surface area contributed by atoms with Crippen LogP contribution in [-0.4, -0.2) is 36.0 Å². The summed E-state index contributed by atoms with van der Waals surface area (Å²) in [6, 6.07) is 16.5. The Labute approximate surface area is 171 Å². The van der Waals surface area contributed by atoms with E-state index < -0.39 is 0 Å². The van der Waals surface area contributed by atoms with Crippen molar-refractivity contribution in [3.05, 3.63) is 65.7 Å². The summed E-state index contributed by atoms with van der Waals surface area (Å²) in [5.74, 6) is 0.00791. The largest absolute Gasteiger partial charge is 0.336 e. The minimum Gasteiger partial charge on any atom is -0.336 e. The van der Waals surface area contributed by atoms with E-state index in [1.54, 1.807) is 0 Å². The van der Waals surface area contributed by atoms with E-state index in [2.05, 4.69) is 10.6 Å². The summed E-state index contributed by atoms with van der Waals surface area (Å²) in [6.45, 7) is 1.61. The molecule has 3 rings (SSSR count). The molecule has 1 heterocycles. The molecule has 150 valence electrons. The van der Waals surface area contributed by atoms with Gasteiger partial charge in [0.2, 0.25) is 0 Å². The molecule has 1 aliphatic rings. The standard InChI is InChI=1S/C21H26N4O2.ClH/c22-14-16-9-11-17(12-10-16)20(26)25-13-5-4-8-19(25)15-23-21(27)24-18-6-2-1-3-7-18;/h1-3,6-7,9-12,19H,4-5,8,13-15,22H2,(H2,23,24,27);1H. The number of halogens is 1. The van der Waals surface area contributed by atoms with E-state index in [-0.39, 0.29) is 30.4 Å². The van der Waals surface area contributed by atoms with Gasteiger partial charge < -0.3 is 21.3 Å². The molecule has 0 saturated carbocycles. The van der Waals surface area contributed by atoms with E-state index in [1.165, 1.54) is 0 Å². The molecule has 2 aromatic rings. The van der Waals surface area contributed by atoms with Crippen LogP contribution in [-0.2, 0) is 6.54 Å². The van der Waals surface area contributed by atoms with Crippen molar-refractivity contribution in [2.45, 2.75) is 31.8 Å². The zero-order chi connectivity index (χ0) is 19.1. The lowest BCUT2D eigenvalue weighted by Crippen LogP contribution is -2.50. The topological polar surface area (TPSA) is 87.5 Å². The Hall–Kier alpha value is -2.57. The van der Waals surface area contributed by atoms with Crippen LogP contribution in [0.5, 0.6) is 0 Å². The fourth-order valence-corrected chi connectivity index (χ4v) is 3.34. The van der Waals surface area contributed by atoms with Gasteiger partial charge in [-0.05, 0) is 49.1 Å². The summed E-state index contributed by atoms with van der Waals surface area (Å²) >= 11 is 0. The maximum Gasteiger partial charge on any atom is 0.319 e. The highest BCUT2D eigenvalue weighted by Gasteiger charge is 2.27. The van der Waals surface area contributed by atoms with Crippen LogP contribution in [0.15, 0.2) is 54.6 Å². The number of anilines is 1. The molecule has 1 unspecified atom stereocenters. The van der Waals surface area contributed by atoms with Crippen LogP contribution in [0.2, 0.25) is 0 Å². The normalized spacial score (nSPS) is 16.0. The first-order valence-electron chi connectivity index (χ1n) is 9.37. The van der Waals surface area contributed by atoms with Gasteiger partial charge in [-0.3, -0.25) is 4.79 Å². The van der Waals surface area contributed by atoms with Crippen LogP contribution in [0, 0.1) is 0 Å². The lowest BCUT2D eigenvalue weighted by atomic mass is 10.0. The molecule has 1 aliphatic heterocycles. The second-order valence-electron chi connectivity index (χ2n) is 6.75. The van der Waals surface area contributed by atoms with Crippen LogP contribution in [0.3, 0.4) is 0 Å². The fourth-order valence-electron chi connectivity index (χ4n) is 3.34. The van der Waals surface area contributed by atoms with Crippen molar-refractivity contribution < 1.29 is 9.59 Å². The van der Waals surface area contributed by atoms with Gasteiger partial charge in [-0.2, -0.15) is 0 Å². The first-order chi connectivity index (χ1) is 13.2. The second-order valence-corrected chi connectivity index (χ2v) is 6.75. The molecule has 6 nitrogen and oxygen atoms in total. The Morgan fingerprint density at radius 2 is 1.75 bits per heavy atom. The number of nitrogens with one attached hydrogen (secondary N) is 2. The highest BCUT2D eigenvalue weighted by atomic mass is 35.5. The number of para-hydroxylation sites is 1. The van der Waals surface area contributed by atoms with Gasteiger partial charge in [0.05, 0.1) is 0 Å². The van der Waals surface area contributed by atoms with Crippen molar-refractivity contribution in [1.29, 1.82) is 0 Å². The molecule has 0 aromatic heterocycles. The Morgan fingerprint density at radius 3 is 2.43 bits per heavy atom. The molecule has 7 heteroatoms. The minimum absolute atomic E-state index is 0. The average Bonchev–Trinajstić information content (AvgIpc) is 2.73. The first-order valence-corrected chi connectivity index (χ1v) is 9.37. The summed E-state index contributed by atoms with van der Waals surface area (Å²) in [5.41, 5.74) is 8.03. The van der Waals surface area contributed by atoms with Crippen molar-refractivity contribution in [2.24, 2.45) is 5.73 Å². The van der Waals surface area contributed by atoms with Crippen LogP contribution in [0.25, 0.3) is 0 Å². The number of rotatable bonds is 5. The lowest BCUT2D eigenvalue weighted by Gasteiger charge is -2.36. The summed E-state index contributed by atoms with van der Waals surface area (Å²) < 4.78 is 0. The predicted octanol–water partition coefficient (Wildman–Crippen LogP) is 3.38. The first kappa shape index (κ1) is 21.7. The summed E-state index contributed by atoms with van der Waals surface area (Å²) in [4.78, 5) is 26.9. The third kappa shape index (κ3) is 5.71. The number of likely N-dealkylation sites (tertiary alicyclic amines) is 1. The summed E-state index contributed by atoms with van der Waals surface area (Å²) in [6.07, 6.45) is 2.93. The molecule has 1 atom stereocenters. The third-order valence-electron chi connectivity index (χ3n) is 4.85. The van der Waals surface area contributed by atoms with Gasteiger partial charge in [0, 0.05) is 36.9 Å². The molecule has 4 N–H and O–H groups in total.